The van der Waals surface area contributed by atoms with Gasteiger partial charge in [0, 0.05) is 6.61 Å². The summed E-state index contributed by atoms with van der Waals surface area (Å²) in [7, 11) is 0. The van der Waals surface area contributed by atoms with Gasteiger partial charge >= 0.3 is 0 Å². The van der Waals surface area contributed by atoms with Gasteiger partial charge in [0.25, 0.3) is 0 Å². The summed E-state index contributed by atoms with van der Waals surface area (Å²) in [5.74, 6) is 0. The lowest BCUT2D eigenvalue weighted by atomic mass is 10.1. The second kappa shape index (κ2) is 9.13. The maximum atomic E-state index is 9.82. The van der Waals surface area contributed by atoms with Crippen molar-refractivity contribution in [3.63, 3.8) is 0 Å². The van der Waals surface area contributed by atoms with Crippen molar-refractivity contribution >= 4 is 0 Å². The van der Waals surface area contributed by atoms with Gasteiger partial charge in [-0.2, -0.15) is 0 Å². The van der Waals surface area contributed by atoms with Gasteiger partial charge in [0.1, 0.15) is 0 Å². The van der Waals surface area contributed by atoms with E-state index < -0.39 is 0 Å². The highest BCUT2D eigenvalue weighted by molar-refractivity contribution is 4.68. The van der Waals surface area contributed by atoms with Crippen molar-refractivity contribution in [1.82, 2.24) is 0 Å². The zero-order valence-corrected chi connectivity index (χ0v) is 10.5. The van der Waals surface area contributed by atoms with Crippen LogP contribution in [0.25, 0.3) is 0 Å². The summed E-state index contributed by atoms with van der Waals surface area (Å²) in [6.07, 6.45) is 2.30. The quantitative estimate of drug-likeness (QED) is 0.645. The highest BCUT2D eigenvalue weighted by atomic mass is 16.5. The van der Waals surface area contributed by atoms with Crippen molar-refractivity contribution in [3.8, 4) is 0 Å². The molecule has 3 atom stereocenters. The maximum Gasteiger partial charge on any atom is 0.0836 e. The van der Waals surface area contributed by atoms with Crippen LogP contribution in [0.5, 0.6) is 0 Å². The zero-order valence-electron chi connectivity index (χ0n) is 10.5. The standard InChI is InChI=1S/C12H26O3/c1-5-8-11(13)12(6-2)15-10(4)9-14-7-3/h10-13H,5-9H2,1-4H3. The van der Waals surface area contributed by atoms with Crippen LogP contribution < -0.4 is 0 Å². The van der Waals surface area contributed by atoms with E-state index >= 15 is 0 Å². The minimum absolute atomic E-state index is 0.0552. The van der Waals surface area contributed by atoms with Crippen molar-refractivity contribution in [1.29, 1.82) is 0 Å². The smallest absolute Gasteiger partial charge is 0.0836 e. The molecule has 3 nitrogen and oxygen atoms in total. The van der Waals surface area contributed by atoms with Crippen LogP contribution in [0.4, 0.5) is 0 Å². The molecule has 92 valence electrons. The fourth-order valence-electron chi connectivity index (χ4n) is 1.56. The second-order valence-electron chi connectivity index (χ2n) is 3.91. The molecule has 0 aromatic rings. The molecule has 0 aliphatic carbocycles. The molecular formula is C12H26O3. The third kappa shape index (κ3) is 6.88. The van der Waals surface area contributed by atoms with Crippen molar-refractivity contribution < 1.29 is 14.6 Å². The van der Waals surface area contributed by atoms with Gasteiger partial charge in [0.15, 0.2) is 0 Å². The molecule has 3 heteroatoms. The Morgan fingerprint density at radius 1 is 1.20 bits per heavy atom. The second-order valence-corrected chi connectivity index (χ2v) is 3.91. The number of hydrogen-bond acceptors (Lipinski definition) is 3. The van der Waals surface area contributed by atoms with Crippen LogP contribution in [-0.4, -0.2) is 36.6 Å². The van der Waals surface area contributed by atoms with E-state index in [1.165, 1.54) is 0 Å². The molecule has 15 heavy (non-hydrogen) atoms. The van der Waals surface area contributed by atoms with Crippen LogP contribution in [0.15, 0.2) is 0 Å². The first-order chi connectivity index (χ1) is 7.15. The van der Waals surface area contributed by atoms with Gasteiger partial charge in [-0.05, 0) is 26.7 Å². The van der Waals surface area contributed by atoms with Crippen molar-refractivity contribution in [2.45, 2.75) is 65.3 Å². The fraction of sp³-hybridized carbons (Fsp3) is 1.00. The molecule has 0 bridgehead atoms. The normalized spacial score (nSPS) is 17.4. The molecule has 0 spiro atoms. The summed E-state index contributed by atoms with van der Waals surface area (Å²) >= 11 is 0. The number of aliphatic hydroxyl groups excluding tert-OH is 1. The van der Waals surface area contributed by atoms with Crippen molar-refractivity contribution in [3.05, 3.63) is 0 Å². The molecule has 0 aromatic heterocycles. The van der Waals surface area contributed by atoms with E-state index in [0.29, 0.717) is 13.2 Å². The predicted octanol–water partition coefficient (Wildman–Crippen LogP) is 2.37. The summed E-state index contributed by atoms with van der Waals surface area (Å²) < 4.78 is 11.0. The third-order valence-corrected chi connectivity index (χ3v) is 2.38. The van der Waals surface area contributed by atoms with E-state index in [1.807, 2.05) is 20.8 Å². The summed E-state index contributed by atoms with van der Waals surface area (Å²) in [6, 6.07) is 0. The average molecular weight is 218 g/mol. The van der Waals surface area contributed by atoms with Gasteiger partial charge in [-0.1, -0.05) is 20.3 Å². The average Bonchev–Trinajstić information content (AvgIpc) is 2.23. The molecule has 3 unspecified atom stereocenters. The van der Waals surface area contributed by atoms with E-state index in [0.717, 1.165) is 19.3 Å². The summed E-state index contributed by atoms with van der Waals surface area (Å²) in [5.41, 5.74) is 0. The van der Waals surface area contributed by atoms with E-state index in [2.05, 4.69) is 6.92 Å². The lowest BCUT2D eigenvalue weighted by Gasteiger charge is -2.25. The van der Waals surface area contributed by atoms with Crippen LogP contribution in [0.3, 0.4) is 0 Å². The maximum absolute atomic E-state index is 9.82. The molecule has 0 rings (SSSR count). The first kappa shape index (κ1) is 14.9. The van der Waals surface area contributed by atoms with Gasteiger partial charge in [-0.3, -0.25) is 0 Å². The molecule has 0 aliphatic rings. The first-order valence-corrected chi connectivity index (χ1v) is 6.06. The molecule has 1 N–H and O–H groups in total. The Morgan fingerprint density at radius 3 is 2.33 bits per heavy atom. The van der Waals surface area contributed by atoms with Crippen LogP contribution in [-0.2, 0) is 9.47 Å². The molecule has 0 amide bonds. The molecule has 0 saturated carbocycles. The molecule has 0 heterocycles. The SMILES string of the molecule is CCCC(O)C(CC)OC(C)COCC. The first-order valence-electron chi connectivity index (χ1n) is 6.06. The van der Waals surface area contributed by atoms with Crippen molar-refractivity contribution in [2.24, 2.45) is 0 Å². The van der Waals surface area contributed by atoms with Crippen LogP contribution in [0.2, 0.25) is 0 Å². The molecule has 0 aliphatic heterocycles. The zero-order chi connectivity index (χ0) is 11.7. The van der Waals surface area contributed by atoms with E-state index in [-0.39, 0.29) is 18.3 Å². The number of rotatable bonds is 9. The van der Waals surface area contributed by atoms with Gasteiger partial charge in [-0.25, -0.2) is 0 Å². The Bertz CT molecular complexity index is 139. The monoisotopic (exact) mass is 218 g/mol. The van der Waals surface area contributed by atoms with E-state index in [4.69, 9.17) is 9.47 Å². The Balaban J connectivity index is 3.85. The number of hydrogen-bond donors (Lipinski definition) is 1. The molecule has 0 aromatic carbocycles. The molecular weight excluding hydrogens is 192 g/mol. The highest BCUT2D eigenvalue weighted by Gasteiger charge is 2.19. The Labute approximate surface area is 93.8 Å². The molecule has 0 fully saturated rings. The van der Waals surface area contributed by atoms with Crippen LogP contribution in [0, 0.1) is 0 Å². The minimum atomic E-state index is -0.343. The Hall–Kier alpha value is -0.120. The van der Waals surface area contributed by atoms with Crippen molar-refractivity contribution in [2.75, 3.05) is 13.2 Å². The van der Waals surface area contributed by atoms with Gasteiger partial charge < -0.3 is 14.6 Å². The Morgan fingerprint density at radius 2 is 1.87 bits per heavy atom. The minimum Gasteiger partial charge on any atom is -0.390 e. The molecule has 0 saturated heterocycles. The van der Waals surface area contributed by atoms with E-state index in [9.17, 15) is 5.11 Å². The van der Waals surface area contributed by atoms with Gasteiger partial charge in [0.05, 0.1) is 24.9 Å². The fourth-order valence-corrected chi connectivity index (χ4v) is 1.56. The molecule has 0 radical (unpaired) electrons. The Kier molecular flexibility index (Phi) is 9.06. The number of aliphatic hydroxyl groups is 1. The summed E-state index contributed by atoms with van der Waals surface area (Å²) in [6.45, 7) is 9.37. The van der Waals surface area contributed by atoms with Crippen LogP contribution >= 0.6 is 0 Å². The summed E-state index contributed by atoms with van der Waals surface area (Å²) in [4.78, 5) is 0. The largest absolute Gasteiger partial charge is 0.390 e. The lowest BCUT2D eigenvalue weighted by Crippen LogP contribution is -2.33. The number of ether oxygens (including phenoxy) is 2. The predicted molar refractivity (Wildman–Crippen MR) is 62.0 cm³/mol. The van der Waals surface area contributed by atoms with Gasteiger partial charge in [-0.15, -0.1) is 0 Å². The van der Waals surface area contributed by atoms with Crippen LogP contribution in [0.1, 0.15) is 47.0 Å². The third-order valence-electron chi connectivity index (χ3n) is 2.38. The van der Waals surface area contributed by atoms with E-state index in [1.54, 1.807) is 0 Å². The topological polar surface area (TPSA) is 38.7 Å². The lowest BCUT2D eigenvalue weighted by molar-refractivity contribution is -0.0962. The van der Waals surface area contributed by atoms with Gasteiger partial charge in [0.2, 0.25) is 0 Å². The summed E-state index contributed by atoms with van der Waals surface area (Å²) in [5, 5.41) is 9.82. The highest BCUT2D eigenvalue weighted by Crippen LogP contribution is 2.12.